The zero-order valence-electron chi connectivity index (χ0n) is 8.93. The topological polar surface area (TPSA) is 49.3 Å². The lowest BCUT2D eigenvalue weighted by Gasteiger charge is -2.08. The summed E-state index contributed by atoms with van der Waals surface area (Å²) in [5.41, 5.74) is 0. The van der Waals surface area contributed by atoms with Crippen LogP contribution in [0.4, 0.5) is 0 Å². The summed E-state index contributed by atoms with van der Waals surface area (Å²) < 4.78 is 1.10. The van der Waals surface area contributed by atoms with Gasteiger partial charge in [-0.05, 0) is 24.4 Å². The van der Waals surface area contributed by atoms with E-state index in [4.69, 9.17) is 5.11 Å². The minimum absolute atomic E-state index is 0.0450. The lowest BCUT2D eigenvalue weighted by atomic mass is 10.2. The fraction of sp³-hybridized carbons (Fsp3) is 0.250. The molecule has 0 radical (unpaired) electrons. The largest absolute Gasteiger partial charge is 0.394 e. The molecule has 16 heavy (non-hydrogen) atoms. The van der Waals surface area contributed by atoms with Gasteiger partial charge in [0.05, 0.1) is 11.5 Å². The molecule has 2 N–H and O–H groups in total. The van der Waals surface area contributed by atoms with E-state index in [1.165, 1.54) is 11.3 Å². The second kappa shape index (κ2) is 4.63. The molecule has 2 rings (SSSR count). The SMILES string of the molecule is C[C@H](CO)NC(=O)c1cc2ccccc2s1. The molecule has 1 aromatic heterocycles. The summed E-state index contributed by atoms with van der Waals surface area (Å²) in [7, 11) is 0. The number of aliphatic hydroxyl groups excluding tert-OH is 1. The normalized spacial score (nSPS) is 12.6. The number of thiophene rings is 1. The summed E-state index contributed by atoms with van der Waals surface area (Å²) in [5, 5.41) is 12.7. The maximum absolute atomic E-state index is 11.8. The number of fused-ring (bicyclic) bond motifs is 1. The molecular weight excluding hydrogens is 222 g/mol. The van der Waals surface area contributed by atoms with Gasteiger partial charge in [-0.2, -0.15) is 0 Å². The third kappa shape index (κ3) is 2.23. The van der Waals surface area contributed by atoms with Crippen molar-refractivity contribution in [2.24, 2.45) is 0 Å². The Labute approximate surface area is 97.7 Å². The van der Waals surface area contributed by atoms with E-state index >= 15 is 0 Å². The maximum atomic E-state index is 11.8. The molecule has 0 aliphatic rings. The van der Waals surface area contributed by atoms with Gasteiger partial charge in [0.2, 0.25) is 0 Å². The van der Waals surface area contributed by atoms with E-state index < -0.39 is 0 Å². The molecular formula is C12H13NO2S. The highest BCUT2D eigenvalue weighted by molar-refractivity contribution is 7.20. The number of nitrogens with one attached hydrogen (secondary N) is 1. The van der Waals surface area contributed by atoms with Crippen molar-refractivity contribution in [2.45, 2.75) is 13.0 Å². The molecule has 0 aliphatic heterocycles. The quantitative estimate of drug-likeness (QED) is 0.855. The number of benzene rings is 1. The average molecular weight is 235 g/mol. The van der Waals surface area contributed by atoms with E-state index in [9.17, 15) is 4.79 Å². The molecule has 0 spiro atoms. The van der Waals surface area contributed by atoms with Crippen LogP contribution in [0.2, 0.25) is 0 Å². The van der Waals surface area contributed by atoms with Gasteiger partial charge < -0.3 is 10.4 Å². The van der Waals surface area contributed by atoms with Crippen molar-refractivity contribution in [1.29, 1.82) is 0 Å². The molecule has 0 unspecified atom stereocenters. The summed E-state index contributed by atoms with van der Waals surface area (Å²) in [4.78, 5) is 12.5. The smallest absolute Gasteiger partial charge is 0.261 e. The van der Waals surface area contributed by atoms with E-state index in [2.05, 4.69) is 5.32 Å². The lowest BCUT2D eigenvalue weighted by molar-refractivity contribution is 0.0926. The van der Waals surface area contributed by atoms with Crippen LogP contribution in [0, 0.1) is 0 Å². The van der Waals surface area contributed by atoms with Crippen LogP contribution in [0.3, 0.4) is 0 Å². The lowest BCUT2D eigenvalue weighted by Crippen LogP contribution is -2.34. The Morgan fingerprint density at radius 3 is 2.94 bits per heavy atom. The molecule has 1 amide bonds. The van der Waals surface area contributed by atoms with Crippen molar-refractivity contribution < 1.29 is 9.90 Å². The van der Waals surface area contributed by atoms with Gasteiger partial charge in [0.25, 0.3) is 5.91 Å². The predicted octanol–water partition coefficient (Wildman–Crippen LogP) is 2.01. The fourth-order valence-corrected chi connectivity index (χ4v) is 2.40. The average Bonchev–Trinajstić information content (AvgIpc) is 2.72. The molecule has 3 nitrogen and oxygen atoms in total. The van der Waals surface area contributed by atoms with Crippen LogP contribution in [0.15, 0.2) is 30.3 Å². The molecule has 1 heterocycles. The van der Waals surface area contributed by atoms with Crippen LogP contribution < -0.4 is 5.32 Å². The highest BCUT2D eigenvalue weighted by Crippen LogP contribution is 2.25. The minimum Gasteiger partial charge on any atom is -0.394 e. The van der Waals surface area contributed by atoms with Gasteiger partial charge in [0, 0.05) is 10.7 Å². The summed E-state index contributed by atoms with van der Waals surface area (Å²) >= 11 is 1.46. The van der Waals surface area contributed by atoms with Crippen LogP contribution in [-0.4, -0.2) is 23.7 Å². The van der Waals surface area contributed by atoms with E-state index in [0.29, 0.717) is 4.88 Å². The first-order valence-electron chi connectivity index (χ1n) is 5.11. The van der Waals surface area contributed by atoms with E-state index in [0.717, 1.165) is 10.1 Å². The molecule has 0 bridgehead atoms. The molecule has 1 atom stereocenters. The van der Waals surface area contributed by atoms with Gasteiger partial charge in [-0.25, -0.2) is 0 Å². The summed E-state index contributed by atoms with van der Waals surface area (Å²) in [6.45, 7) is 1.72. The summed E-state index contributed by atoms with van der Waals surface area (Å²) in [6, 6.07) is 9.55. The van der Waals surface area contributed by atoms with Crippen molar-refractivity contribution in [2.75, 3.05) is 6.61 Å². The van der Waals surface area contributed by atoms with Gasteiger partial charge in [0.15, 0.2) is 0 Å². The Morgan fingerprint density at radius 1 is 1.50 bits per heavy atom. The Balaban J connectivity index is 2.23. The number of hydrogen-bond acceptors (Lipinski definition) is 3. The van der Waals surface area contributed by atoms with Crippen LogP contribution >= 0.6 is 11.3 Å². The van der Waals surface area contributed by atoms with Crippen molar-refractivity contribution in [1.82, 2.24) is 5.32 Å². The Hall–Kier alpha value is -1.39. The number of hydrogen-bond donors (Lipinski definition) is 2. The standard InChI is InChI=1S/C12H13NO2S/c1-8(7-14)13-12(15)11-6-9-4-2-3-5-10(9)16-11/h2-6,8,14H,7H2,1H3,(H,13,15)/t8-/m1/s1. The fourth-order valence-electron chi connectivity index (χ4n) is 1.43. The minimum atomic E-state index is -0.210. The second-order valence-corrected chi connectivity index (χ2v) is 4.79. The van der Waals surface area contributed by atoms with E-state index in [1.54, 1.807) is 6.92 Å². The van der Waals surface area contributed by atoms with Crippen LogP contribution in [0.1, 0.15) is 16.6 Å². The molecule has 84 valence electrons. The number of carbonyl (C=O) groups excluding carboxylic acids is 1. The van der Waals surface area contributed by atoms with Crippen LogP contribution in [0.5, 0.6) is 0 Å². The Morgan fingerprint density at radius 2 is 2.25 bits per heavy atom. The first-order chi connectivity index (χ1) is 7.70. The van der Waals surface area contributed by atoms with E-state index in [1.807, 2.05) is 30.3 Å². The second-order valence-electron chi connectivity index (χ2n) is 3.71. The molecule has 1 aromatic carbocycles. The zero-order chi connectivity index (χ0) is 11.5. The zero-order valence-corrected chi connectivity index (χ0v) is 9.75. The van der Waals surface area contributed by atoms with Gasteiger partial charge >= 0.3 is 0 Å². The summed E-state index contributed by atoms with van der Waals surface area (Å²) in [5.74, 6) is -0.122. The summed E-state index contributed by atoms with van der Waals surface area (Å²) in [6.07, 6.45) is 0. The molecule has 0 aliphatic carbocycles. The van der Waals surface area contributed by atoms with Gasteiger partial charge in [-0.3, -0.25) is 4.79 Å². The molecule has 0 saturated carbocycles. The molecule has 0 saturated heterocycles. The highest BCUT2D eigenvalue weighted by Gasteiger charge is 2.11. The monoisotopic (exact) mass is 235 g/mol. The van der Waals surface area contributed by atoms with Gasteiger partial charge in [-0.15, -0.1) is 11.3 Å². The number of rotatable bonds is 3. The van der Waals surface area contributed by atoms with Crippen molar-refractivity contribution in [3.8, 4) is 0 Å². The Bertz CT molecular complexity index is 473. The molecule has 2 aromatic rings. The van der Waals surface area contributed by atoms with Gasteiger partial charge in [-0.1, -0.05) is 18.2 Å². The number of aliphatic hydroxyl groups is 1. The highest BCUT2D eigenvalue weighted by atomic mass is 32.1. The van der Waals surface area contributed by atoms with E-state index in [-0.39, 0.29) is 18.6 Å². The van der Waals surface area contributed by atoms with Crippen molar-refractivity contribution >= 4 is 27.3 Å². The number of carbonyl (C=O) groups is 1. The van der Waals surface area contributed by atoms with Crippen LogP contribution in [-0.2, 0) is 0 Å². The predicted molar refractivity (Wildman–Crippen MR) is 65.8 cm³/mol. The molecule has 0 fully saturated rings. The van der Waals surface area contributed by atoms with Crippen molar-refractivity contribution in [3.63, 3.8) is 0 Å². The number of amides is 1. The van der Waals surface area contributed by atoms with Crippen LogP contribution in [0.25, 0.3) is 10.1 Å². The van der Waals surface area contributed by atoms with Gasteiger partial charge in [0.1, 0.15) is 0 Å². The van der Waals surface area contributed by atoms with Crippen molar-refractivity contribution in [3.05, 3.63) is 35.2 Å². The third-order valence-corrected chi connectivity index (χ3v) is 3.42. The molecule has 4 heteroatoms. The third-order valence-electron chi connectivity index (χ3n) is 2.30. The Kier molecular flexibility index (Phi) is 3.22. The first-order valence-corrected chi connectivity index (χ1v) is 5.92. The first kappa shape index (κ1) is 11.1. The maximum Gasteiger partial charge on any atom is 0.261 e.